The molecule has 0 spiro atoms. The second kappa shape index (κ2) is 8.47. The van der Waals surface area contributed by atoms with Gasteiger partial charge in [-0.25, -0.2) is 0 Å². The SMILES string of the molecule is CCCCCOc1ccccc1-c1cc(CNCC)no1. The summed E-state index contributed by atoms with van der Waals surface area (Å²) < 4.78 is 11.3. The van der Waals surface area contributed by atoms with Crippen LogP contribution in [0.4, 0.5) is 0 Å². The summed E-state index contributed by atoms with van der Waals surface area (Å²) >= 11 is 0. The number of hydrogen-bond donors (Lipinski definition) is 1. The fraction of sp³-hybridized carbons (Fsp3) is 0.471. The van der Waals surface area contributed by atoms with Crippen molar-refractivity contribution in [3.05, 3.63) is 36.0 Å². The quantitative estimate of drug-likeness (QED) is 0.708. The molecule has 0 unspecified atom stereocenters. The molecule has 0 saturated heterocycles. The van der Waals surface area contributed by atoms with Crippen LogP contribution in [0.1, 0.15) is 38.8 Å². The highest BCUT2D eigenvalue weighted by atomic mass is 16.5. The lowest BCUT2D eigenvalue weighted by atomic mass is 10.1. The summed E-state index contributed by atoms with van der Waals surface area (Å²) in [7, 11) is 0. The van der Waals surface area contributed by atoms with Gasteiger partial charge < -0.3 is 14.6 Å². The molecule has 0 fully saturated rings. The van der Waals surface area contributed by atoms with Gasteiger partial charge in [-0.05, 0) is 25.1 Å². The molecule has 2 aromatic rings. The summed E-state index contributed by atoms with van der Waals surface area (Å²) in [6, 6.07) is 9.92. The summed E-state index contributed by atoms with van der Waals surface area (Å²) in [5, 5.41) is 7.33. The zero-order valence-corrected chi connectivity index (χ0v) is 12.9. The van der Waals surface area contributed by atoms with E-state index in [1.807, 2.05) is 30.3 Å². The lowest BCUT2D eigenvalue weighted by Crippen LogP contribution is -2.11. The third-order valence-corrected chi connectivity index (χ3v) is 3.27. The standard InChI is InChI=1S/C17H24N2O2/c1-3-5-8-11-20-16-10-7-6-9-15(16)17-12-14(19-21-17)13-18-4-2/h6-7,9-10,12,18H,3-5,8,11,13H2,1-2H3. The Bertz CT molecular complexity index is 537. The second-order valence-corrected chi connectivity index (χ2v) is 5.01. The summed E-state index contributed by atoms with van der Waals surface area (Å²) in [5.41, 5.74) is 1.87. The minimum atomic E-state index is 0.722. The Morgan fingerprint density at radius 1 is 1.19 bits per heavy atom. The minimum absolute atomic E-state index is 0.722. The number of ether oxygens (including phenoxy) is 1. The molecule has 2 rings (SSSR count). The number of nitrogens with one attached hydrogen (secondary N) is 1. The van der Waals surface area contributed by atoms with Gasteiger partial charge in [0.15, 0.2) is 5.76 Å². The second-order valence-electron chi connectivity index (χ2n) is 5.01. The first-order valence-electron chi connectivity index (χ1n) is 7.73. The van der Waals surface area contributed by atoms with Gasteiger partial charge in [-0.15, -0.1) is 0 Å². The molecular formula is C17H24N2O2. The van der Waals surface area contributed by atoms with Crippen molar-refractivity contribution < 1.29 is 9.26 Å². The van der Waals surface area contributed by atoms with Gasteiger partial charge in [0, 0.05) is 12.6 Å². The smallest absolute Gasteiger partial charge is 0.170 e. The molecule has 114 valence electrons. The predicted octanol–water partition coefficient (Wildman–Crippen LogP) is 4.02. The maximum atomic E-state index is 5.88. The molecule has 1 aromatic heterocycles. The fourth-order valence-corrected chi connectivity index (χ4v) is 2.11. The number of rotatable bonds is 9. The molecule has 1 N–H and O–H groups in total. The van der Waals surface area contributed by atoms with Crippen LogP contribution in [-0.2, 0) is 6.54 Å². The maximum Gasteiger partial charge on any atom is 0.170 e. The van der Waals surface area contributed by atoms with E-state index in [0.717, 1.165) is 48.9 Å². The van der Waals surface area contributed by atoms with Crippen molar-refractivity contribution in [1.29, 1.82) is 0 Å². The van der Waals surface area contributed by atoms with Crippen molar-refractivity contribution in [2.24, 2.45) is 0 Å². The summed E-state index contributed by atoms with van der Waals surface area (Å²) in [4.78, 5) is 0. The van der Waals surface area contributed by atoms with Crippen LogP contribution in [0.25, 0.3) is 11.3 Å². The molecule has 0 bridgehead atoms. The lowest BCUT2D eigenvalue weighted by Gasteiger charge is -2.09. The van der Waals surface area contributed by atoms with E-state index in [9.17, 15) is 0 Å². The Morgan fingerprint density at radius 2 is 2.05 bits per heavy atom. The van der Waals surface area contributed by atoms with Gasteiger partial charge in [0.2, 0.25) is 0 Å². The average molecular weight is 288 g/mol. The van der Waals surface area contributed by atoms with Crippen molar-refractivity contribution in [2.75, 3.05) is 13.2 Å². The first kappa shape index (κ1) is 15.6. The van der Waals surface area contributed by atoms with Gasteiger partial charge >= 0.3 is 0 Å². The molecule has 0 atom stereocenters. The minimum Gasteiger partial charge on any atom is -0.493 e. The molecule has 0 saturated carbocycles. The van der Waals surface area contributed by atoms with Gasteiger partial charge in [0.1, 0.15) is 5.75 Å². The third-order valence-electron chi connectivity index (χ3n) is 3.27. The van der Waals surface area contributed by atoms with Gasteiger partial charge in [-0.1, -0.05) is 44.0 Å². The molecule has 0 amide bonds. The number of hydrogen-bond acceptors (Lipinski definition) is 4. The van der Waals surface area contributed by atoms with Crippen LogP contribution >= 0.6 is 0 Å². The largest absolute Gasteiger partial charge is 0.493 e. The number of aromatic nitrogens is 1. The number of para-hydroxylation sites is 1. The Labute approximate surface area is 126 Å². The van der Waals surface area contributed by atoms with Crippen molar-refractivity contribution in [3.63, 3.8) is 0 Å². The first-order chi connectivity index (χ1) is 10.3. The van der Waals surface area contributed by atoms with Crippen molar-refractivity contribution in [1.82, 2.24) is 10.5 Å². The molecule has 0 aliphatic heterocycles. The molecule has 4 heteroatoms. The normalized spacial score (nSPS) is 10.8. The summed E-state index contributed by atoms with van der Waals surface area (Å²) in [6.07, 6.45) is 3.46. The van der Waals surface area contributed by atoms with E-state index in [1.165, 1.54) is 12.8 Å². The number of nitrogens with zero attached hydrogens (tertiary/aromatic N) is 1. The molecule has 0 radical (unpaired) electrons. The molecular weight excluding hydrogens is 264 g/mol. The Hall–Kier alpha value is -1.81. The summed E-state index contributed by atoms with van der Waals surface area (Å²) in [6.45, 7) is 6.64. The van der Waals surface area contributed by atoms with E-state index >= 15 is 0 Å². The third kappa shape index (κ3) is 4.60. The highest BCUT2D eigenvalue weighted by Crippen LogP contribution is 2.30. The van der Waals surface area contributed by atoms with Crippen LogP contribution in [0.2, 0.25) is 0 Å². The van der Waals surface area contributed by atoms with Crippen molar-refractivity contribution >= 4 is 0 Å². The first-order valence-corrected chi connectivity index (χ1v) is 7.73. The van der Waals surface area contributed by atoms with E-state index in [-0.39, 0.29) is 0 Å². The van der Waals surface area contributed by atoms with E-state index in [0.29, 0.717) is 0 Å². The van der Waals surface area contributed by atoms with Crippen LogP contribution in [0, 0.1) is 0 Å². The van der Waals surface area contributed by atoms with Crippen molar-refractivity contribution in [3.8, 4) is 17.1 Å². The zero-order chi connectivity index (χ0) is 14.9. The Balaban J connectivity index is 2.06. The highest BCUT2D eigenvalue weighted by molar-refractivity contribution is 5.65. The molecule has 0 aliphatic carbocycles. The Kier molecular flexibility index (Phi) is 6.28. The van der Waals surface area contributed by atoms with Gasteiger partial charge in [-0.3, -0.25) is 0 Å². The van der Waals surface area contributed by atoms with E-state index in [1.54, 1.807) is 0 Å². The van der Waals surface area contributed by atoms with Gasteiger partial charge in [-0.2, -0.15) is 0 Å². The monoisotopic (exact) mass is 288 g/mol. The average Bonchev–Trinajstić information content (AvgIpc) is 2.98. The van der Waals surface area contributed by atoms with Crippen LogP contribution < -0.4 is 10.1 Å². The zero-order valence-electron chi connectivity index (χ0n) is 12.9. The molecule has 4 nitrogen and oxygen atoms in total. The molecule has 0 aliphatic rings. The number of benzene rings is 1. The van der Waals surface area contributed by atoms with E-state index < -0.39 is 0 Å². The topological polar surface area (TPSA) is 47.3 Å². The van der Waals surface area contributed by atoms with Crippen LogP contribution in [-0.4, -0.2) is 18.3 Å². The maximum absolute atomic E-state index is 5.88. The fourth-order valence-electron chi connectivity index (χ4n) is 2.11. The number of unbranched alkanes of at least 4 members (excludes halogenated alkanes) is 2. The van der Waals surface area contributed by atoms with E-state index in [2.05, 4.69) is 24.3 Å². The molecule has 21 heavy (non-hydrogen) atoms. The van der Waals surface area contributed by atoms with Crippen LogP contribution in [0.5, 0.6) is 5.75 Å². The van der Waals surface area contributed by atoms with Gasteiger partial charge in [0.05, 0.1) is 17.9 Å². The van der Waals surface area contributed by atoms with Crippen LogP contribution in [0.15, 0.2) is 34.9 Å². The van der Waals surface area contributed by atoms with Gasteiger partial charge in [0.25, 0.3) is 0 Å². The predicted molar refractivity (Wildman–Crippen MR) is 84.3 cm³/mol. The van der Waals surface area contributed by atoms with Crippen LogP contribution in [0.3, 0.4) is 0 Å². The lowest BCUT2D eigenvalue weighted by molar-refractivity contribution is 0.306. The summed E-state index contributed by atoms with van der Waals surface area (Å²) in [5.74, 6) is 1.62. The molecule has 1 heterocycles. The Morgan fingerprint density at radius 3 is 2.86 bits per heavy atom. The van der Waals surface area contributed by atoms with E-state index in [4.69, 9.17) is 9.26 Å². The van der Waals surface area contributed by atoms with Crippen molar-refractivity contribution in [2.45, 2.75) is 39.7 Å². The molecule has 1 aromatic carbocycles. The highest BCUT2D eigenvalue weighted by Gasteiger charge is 2.11.